The van der Waals surface area contributed by atoms with Gasteiger partial charge in [-0.05, 0) is 60.2 Å². The Kier molecular flexibility index (Phi) is 5.45. The fraction of sp³-hybridized carbons (Fsp3) is 0.0870. The fourth-order valence-corrected chi connectivity index (χ4v) is 3.50. The van der Waals surface area contributed by atoms with Crippen LogP contribution >= 0.6 is 12.2 Å². The number of methoxy groups -OCH3 is 1. The highest BCUT2D eigenvalue weighted by Gasteiger charge is 2.11. The van der Waals surface area contributed by atoms with Gasteiger partial charge in [-0.3, -0.25) is 14.2 Å². The van der Waals surface area contributed by atoms with Crippen molar-refractivity contribution in [1.29, 1.82) is 0 Å². The van der Waals surface area contributed by atoms with E-state index in [9.17, 15) is 9.59 Å². The smallest absolute Gasteiger partial charge is 0.266 e. The van der Waals surface area contributed by atoms with Crippen LogP contribution in [0.5, 0.6) is 5.75 Å². The Morgan fingerprint density at radius 3 is 2.50 bits per heavy atom. The summed E-state index contributed by atoms with van der Waals surface area (Å²) in [6, 6.07) is 21.6. The predicted molar refractivity (Wildman–Crippen MR) is 119 cm³/mol. The summed E-state index contributed by atoms with van der Waals surface area (Å²) in [6.45, 7) is 0.423. The van der Waals surface area contributed by atoms with Crippen molar-refractivity contribution in [1.82, 2.24) is 14.9 Å². The van der Waals surface area contributed by atoms with Crippen molar-refractivity contribution in [3.8, 4) is 11.4 Å². The van der Waals surface area contributed by atoms with Gasteiger partial charge in [-0.1, -0.05) is 30.3 Å². The maximum atomic E-state index is 13.0. The van der Waals surface area contributed by atoms with Gasteiger partial charge in [0.15, 0.2) is 4.77 Å². The highest BCUT2D eigenvalue weighted by molar-refractivity contribution is 7.71. The van der Waals surface area contributed by atoms with Gasteiger partial charge in [-0.25, -0.2) is 0 Å². The number of carbonyl (C=O) groups is 1. The number of hydrogen-bond donors (Lipinski definition) is 2. The van der Waals surface area contributed by atoms with Crippen molar-refractivity contribution in [2.75, 3.05) is 7.11 Å². The van der Waals surface area contributed by atoms with Crippen molar-refractivity contribution in [3.05, 3.63) is 99.0 Å². The van der Waals surface area contributed by atoms with Crippen LogP contribution in [0.25, 0.3) is 16.6 Å². The molecule has 0 atom stereocenters. The molecule has 1 aromatic heterocycles. The molecule has 0 saturated carbocycles. The molecule has 0 aliphatic heterocycles. The molecule has 150 valence electrons. The number of nitrogens with one attached hydrogen (secondary N) is 2. The van der Waals surface area contributed by atoms with Crippen LogP contribution in [-0.2, 0) is 6.54 Å². The number of rotatable bonds is 5. The third-order valence-corrected chi connectivity index (χ3v) is 5.07. The van der Waals surface area contributed by atoms with Gasteiger partial charge in [0.2, 0.25) is 0 Å². The second-order valence-corrected chi connectivity index (χ2v) is 7.08. The number of benzene rings is 3. The lowest BCUT2D eigenvalue weighted by Gasteiger charge is -2.10. The number of aromatic nitrogens is 2. The summed E-state index contributed by atoms with van der Waals surface area (Å²) in [6.07, 6.45) is 0. The van der Waals surface area contributed by atoms with Gasteiger partial charge in [0.1, 0.15) is 5.75 Å². The summed E-state index contributed by atoms with van der Waals surface area (Å²) in [5, 5.41) is 3.33. The Morgan fingerprint density at radius 1 is 1.07 bits per heavy atom. The average molecular weight is 417 g/mol. The van der Waals surface area contributed by atoms with Gasteiger partial charge in [-0.15, -0.1) is 0 Å². The zero-order valence-electron chi connectivity index (χ0n) is 16.2. The van der Waals surface area contributed by atoms with Crippen molar-refractivity contribution in [2.45, 2.75) is 6.54 Å². The van der Waals surface area contributed by atoms with E-state index >= 15 is 0 Å². The van der Waals surface area contributed by atoms with Gasteiger partial charge >= 0.3 is 0 Å². The molecule has 6 nitrogen and oxygen atoms in total. The molecule has 0 spiro atoms. The molecule has 0 radical (unpaired) electrons. The molecule has 1 heterocycles. The van der Waals surface area contributed by atoms with Crippen LogP contribution in [0.2, 0.25) is 0 Å². The number of nitrogens with zero attached hydrogens (tertiary/aromatic N) is 1. The fourth-order valence-electron chi connectivity index (χ4n) is 3.21. The maximum absolute atomic E-state index is 13.0. The van der Waals surface area contributed by atoms with E-state index < -0.39 is 0 Å². The Bertz CT molecular complexity index is 1330. The normalized spacial score (nSPS) is 10.7. The molecule has 30 heavy (non-hydrogen) atoms. The monoisotopic (exact) mass is 417 g/mol. The van der Waals surface area contributed by atoms with Crippen molar-refractivity contribution in [3.63, 3.8) is 0 Å². The van der Waals surface area contributed by atoms with Crippen LogP contribution in [0, 0.1) is 4.77 Å². The molecule has 0 unspecified atom stereocenters. The van der Waals surface area contributed by atoms with Gasteiger partial charge in [0.05, 0.1) is 23.7 Å². The first-order chi connectivity index (χ1) is 14.6. The Labute approximate surface area is 177 Å². The van der Waals surface area contributed by atoms with Gasteiger partial charge in [-0.2, -0.15) is 0 Å². The second-order valence-electron chi connectivity index (χ2n) is 6.70. The zero-order valence-corrected chi connectivity index (χ0v) is 17.0. The predicted octanol–water partition coefficient (Wildman–Crippen LogP) is 3.99. The molecule has 1 amide bonds. The molecule has 0 fully saturated rings. The number of ether oxygens (including phenoxy) is 1. The summed E-state index contributed by atoms with van der Waals surface area (Å²) in [5.41, 5.74) is 2.35. The highest BCUT2D eigenvalue weighted by Crippen LogP contribution is 2.16. The number of aromatic amines is 1. The van der Waals surface area contributed by atoms with Crippen LogP contribution in [0.4, 0.5) is 0 Å². The third kappa shape index (κ3) is 3.88. The summed E-state index contributed by atoms with van der Waals surface area (Å²) in [4.78, 5) is 28.6. The minimum atomic E-state index is -0.254. The Balaban J connectivity index is 1.66. The Hall–Kier alpha value is -3.71. The van der Waals surface area contributed by atoms with E-state index in [1.807, 2.05) is 30.3 Å². The SMILES string of the molecule is COc1ccc(-n2c(=S)[nH]c3cc(C(=O)NCc4ccccc4)ccc3c2=O)cc1. The topological polar surface area (TPSA) is 76.1 Å². The summed E-state index contributed by atoms with van der Waals surface area (Å²) in [7, 11) is 1.58. The van der Waals surface area contributed by atoms with E-state index in [2.05, 4.69) is 10.3 Å². The van der Waals surface area contributed by atoms with E-state index in [0.717, 1.165) is 5.56 Å². The van der Waals surface area contributed by atoms with E-state index in [-0.39, 0.29) is 16.2 Å². The van der Waals surface area contributed by atoms with E-state index in [1.165, 1.54) is 4.57 Å². The average Bonchev–Trinajstić information content (AvgIpc) is 2.78. The molecule has 0 saturated heterocycles. The molecule has 4 aromatic rings. The summed E-state index contributed by atoms with van der Waals surface area (Å²) >= 11 is 5.41. The van der Waals surface area contributed by atoms with Gasteiger partial charge < -0.3 is 15.0 Å². The lowest BCUT2D eigenvalue weighted by atomic mass is 10.1. The van der Waals surface area contributed by atoms with Crippen LogP contribution < -0.4 is 15.6 Å². The second kappa shape index (κ2) is 8.34. The molecule has 0 aliphatic carbocycles. The van der Waals surface area contributed by atoms with Crippen molar-refractivity contribution >= 4 is 29.0 Å². The highest BCUT2D eigenvalue weighted by atomic mass is 32.1. The zero-order chi connectivity index (χ0) is 21.1. The van der Waals surface area contributed by atoms with Gasteiger partial charge in [0.25, 0.3) is 11.5 Å². The number of amides is 1. The number of hydrogen-bond acceptors (Lipinski definition) is 4. The van der Waals surface area contributed by atoms with E-state index in [4.69, 9.17) is 17.0 Å². The largest absolute Gasteiger partial charge is 0.497 e. The van der Waals surface area contributed by atoms with Crippen molar-refractivity contribution < 1.29 is 9.53 Å². The molecule has 0 bridgehead atoms. The molecule has 0 aliphatic rings. The maximum Gasteiger partial charge on any atom is 0.266 e. The summed E-state index contributed by atoms with van der Waals surface area (Å²) < 4.78 is 6.83. The first-order valence-electron chi connectivity index (χ1n) is 9.32. The minimum Gasteiger partial charge on any atom is -0.497 e. The first kappa shape index (κ1) is 19.6. The van der Waals surface area contributed by atoms with Crippen LogP contribution in [0.15, 0.2) is 77.6 Å². The molecule has 4 rings (SSSR count). The van der Waals surface area contributed by atoms with Crippen molar-refractivity contribution in [2.24, 2.45) is 0 Å². The quantitative estimate of drug-likeness (QED) is 0.482. The molecular weight excluding hydrogens is 398 g/mol. The lowest BCUT2D eigenvalue weighted by Crippen LogP contribution is -2.24. The van der Waals surface area contributed by atoms with Crippen LogP contribution in [0.3, 0.4) is 0 Å². The number of fused-ring (bicyclic) bond motifs is 1. The Morgan fingerprint density at radius 2 is 1.80 bits per heavy atom. The molecule has 7 heteroatoms. The molecule has 3 aromatic carbocycles. The first-order valence-corrected chi connectivity index (χ1v) is 9.73. The third-order valence-electron chi connectivity index (χ3n) is 4.79. The number of carbonyl (C=O) groups excluding carboxylic acids is 1. The summed E-state index contributed by atoms with van der Waals surface area (Å²) in [5.74, 6) is 0.466. The minimum absolute atomic E-state index is 0.223. The number of H-pyrrole nitrogens is 1. The molecule has 2 N–H and O–H groups in total. The molecular formula is C23H19N3O3S. The van der Waals surface area contributed by atoms with Gasteiger partial charge in [0, 0.05) is 12.1 Å². The van der Waals surface area contributed by atoms with E-state index in [0.29, 0.717) is 34.4 Å². The van der Waals surface area contributed by atoms with Crippen LogP contribution in [-0.4, -0.2) is 22.6 Å². The van der Waals surface area contributed by atoms with Crippen LogP contribution in [0.1, 0.15) is 15.9 Å². The standard InChI is InChI=1S/C23H19N3O3S/c1-29-18-10-8-17(9-11-18)26-22(28)19-12-7-16(13-20(19)25-23(26)30)21(27)24-14-15-5-3-2-4-6-15/h2-13H,14H2,1H3,(H,24,27)(H,25,30). The van der Waals surface area contributed by atoms with E-state index in [1.54, 1.807) is 49.6 Å². The lowest BCUT2D eigenvalue weighted by molar-refractivity contribution is 0.0951.